The lowest BCUT2D eigenvalue weighted by Crippen LogP contribution is -2.45. The number of aromatic hydroxyl groups is 1. The standard InChI is InChI=1S/C29H28N2O5/c32-24-15-23(16-27-29(24)25(33)17-26(36-27)21-9-5-2-6-10-21)35-19-28(34)30-22-11-13-31(14-12-22)18-20-7-3-1-4-8-20/h1-10,15-17,22,32H,11-14,18-19H2,(H,30,34). The third kappa shape index (κ3) is 5.58. The van der Waals surface area contributed by atoms with E-state index < -0.39 is 0 Å². The largest absolute Gasteiger partial charge is 0.507 e. The first-order valence-electron chi connectivity index (χ1n) is 12.1. The second-order valence-corrected chi connectivity index (χ2v) is 9.05. The maximum Gasteiger partial charge on any atom is 0.258 e. The van der Waals surface area contributed by atoms with Crippen LogP contribution in [0.3, 0.4) is 0 Å². The van der Waals surface area contributed by atoms with Gasteiger partial charge in [0.1, 0.15) is 28.2 Å². The average Bonchev–Trinajstić information content (AvgIpc) is 2.89. The second-order valence-electron chi connectivity index (χ2n) is 9.05. The summed E-state index contributed by atoms with van der Waals surface area (Å²) in [7, 11) is 0. The van der Waals surface area contributed by atoms with E-state index in [1.54, 1.807) is 0 Å². The first-order valence-corrected chi connectivity index (χ1v) is 12.1. The van der Waals surface area contributed by atoms with Crippen molar-refractivity contribution in [2.75, 3.05) is 19.7 Å². The number of nitrogens with zero attached hydrogens (tertiary/aromatic N) is 1. The van der Waals surface area contributed by atoms with Crippen molar-refractivity contribution in [3.8, 4) is 22.8 Å². The number of hydrogen-bond acceptors (Lipinski definition) is 6. The summed E-state index contributed by atoms with van der Waals surface area (Å²) in [5.41, 5.74) is 1.88. The molecular formula is C29H28N2O5. The number of phenols is 1. The lowest BCUT2D eigenvalue weighted by Gasteiger charge is -2.32. The number of carbonyl (C=O) groups is 1. The Labute approximate surface area is 208 Å². The molecule has 36 heavy (non-hydrogen) atoms. The van der Waals surface area contributed by atoms with Crippen LogP contribution < -0.4 is 15.5 Å². The number of phenolic OH excluding ortho intramolecular Hbond substituents is 1. The van der Waals surface area contributed by atoms with Crippen molar-refractivity contribution in [1.82, 2.24) is 10.2 Å². The molecule has 0 bridgehead atoms. The number of ether oxygens (including phenoxy) is 1. The molecule has 4 aromatic rings. The molecule has 1 aliphatic heterocycles. The fraction of sp³-hybridized carbons (Fsp3) is 0.241. The average molecular weight is 485 g/mol. The Hall–Kier alpha value is -4.10. The second kappa shape index (κ2) is 10.7. The summed E-state index contributed by atoms with van der Waals surface area (Å²) in [4.78, 5) is 27.5. The number of piperidine rings is 1. The molecule has 1 saturated heterocycles. The first kappa shape index (κ1) is 23.6. The minimum Gasteiger partial charge on any atom is -0.507 e. The van der Waals surface area contributed by atoms with Gasteiger partial charge in [-0.2, -0.15) is 0 Å². The van der Waals surface area contributed by atoms with E-state index in [9.17, 15) is 14.7 Å². The van der Waals surface area contributed by atoms with Crippen LogP contribution in [0.4, 0.5) is 0 Å². The summed E-state index contributed by atoms with van der Waals surface area (Å²) in [6, 6.07) is 23.9. The van der Waals surface area contributed by atoms with Gasteiger partial charge < -0.3 is 19.6 Å². The maximum atomic E-state index is 12.6. The highest BCUT2D eigenvalue weighted by Crippen LogP contribution is 2.31. The summed E-state index contributed by atoms with van der Waals surface area (Å²) in [6.07, 6.45) is 1.76. The molecule has 0 radical (unpaired) electrons. The molecule has 1 amide bonds. The van der Waals surface area contributed by atoms with Crippen molar-refractivity contribution in [2.24, 2.45) is 0 Å². The summed E-state index contributed by atoms with van der Waals surface area (Å²) >= 11 is 0. The zero-order valence-corrected chi connectivity index (χ0v) is 19.9. The fourth-order valence-electron chi connectivity index (χ4n) is 4.57. The van der Waals surface area contributed by atoms with Crippen LogP contribution in [0.2, 0.25) is 0 Å². The number of amides is 1. The number of likely N-dealkylation sites (tertiary alicyclic amines) is 1. The molecule has 184 valence electrons. The quantitative estimate of drug-likeness (QED) is 0.406. The molecule has 1 fully saturated rings. The number of carbonyl (C=O) groups excluding carboxylic acids is 1. The molecule has 3 aromatic carbocycles. The van der Waals surface area contributed by atoms with Gasteiger partial charge in [-0.25, -0.2) is 0 Å². The molecule has 0 atom stereocenters. The number of benzene rings is 3. The Kier molecular flexibility index (Phi) is 7.00. The van der Waals surface area contributed by atoms with Gasteiger partial charge in [0.05, 0.1) is 0 Å². The van der Waals surface area contributed by atoms with Crippen LogP contribution >= 0.6 is 0 Å². The lowest BCUT2D eigenvalue weighted by atomic mass is 10.0. The van der Waals surface area contributed by atoms with E-state index in [1.807, 2.05) is 48.5 Å². The van der Waals surface area contributed by atoms with E-state index in [0.717, 1.165) is 38.0 Å². The van der Waals surface area contributed by atoms with Gasteiger partial charge in [-0.15, -0.1) is 0 Å². The van der Waals surface area contributed by atoms with Crippen LogP contribution in [-0.4, -0.2) is 41.7 Å². The topological polar surface area (TPSA) is 92.0 Å². The smallest absolute Gasteiger partial charge is 0.258 e. The Bertz CT molecular complexity index is 1390. The van der Waals surface area contributed by atoms with Gasteiger partial charge in [0.15, 0.2) is 12.0 Å². The van der Waals surface area contributed by atoms with E-state index >= 15 is 0 Å². The predicted octanol–water partition coefficient (Wildman–Crippen LogP) is 4.33. The minimum absolute atomic E-state index is 0.0775. The zero-order chi connectivity index (χ0) is 24.9. The molecular weight excluding hydrogens is 456 g/mol. The molecule has 5 rings (SSSR count). The number of nitrogens with one attached hydrogen (secondary N) is 1. The minimum atomic E-state index is -0.351. The van der Waals surface area contributed by atoms with Crippen molar-refractivity contribution in [1.29, 1.82) is 0 Å². The molecule has 0 saturated carbocycles. The number of rotatable bonds is 7. The fourth-order valence-corrected chi connectivity index (χ4v) is 4.57. The first-order chi connectivity index (χ1) is 17.5. The highest BCUT2D eigenvalue weighted by atomic mass is 16.5. The van der Waals surface area contributed by atoms with Crippen molar-refractivity contribution in [3.05, 3.63) is 94.6 Å². The van der Waals surface area contributed by atoms with Crippen LogP contribution in [0, 0.1) is 0 Å². The van der Waals surface area contributed by atoms with E-state index in [2.05, 4.69) is 22.3 Å². The molecule has 0 spiro atoms. The van der Waals surface area contributed by atoms with E-state index in [1.165, 1.54) is 23.8 Å². The molecule has 7 heteroatoms. The molecule has 2 N–H and O–H groups in total. The SMILES string of the molecule is O=C(COc1cc(O)c2c(=O)cc(-c3ccccc3)oc2c1)NC1CCN(Cc2ccccc2)CC1. The van der Waals surface area contributed by atoms with Gasteiger partial charge in [0.2, 0.25) is 0 Å². The van der Waals surface area contributed by atoms with Crippen molar-refractivity contribution in [3.63, 3.8) is 0 Å². The summed E-state index contributed by atoms with van der Waals surface area (Å²) in [5.74, 6) is 0.167. The van der Waals surface area contributed by atoms with Crippen LogP contribution in [0.15, 0.2) is 88.1 Å². The van der Waals surface area contributed by atoms with Gasteiger partial charge in [0, 0.05) is 49.4 Å². The summed E-state index contributed by atoms with van der Waals surface area (Å²) in [6.45, 7) is 2.56. The van der Waals surface area contributed by atoms with Gasteiger partial charge in [-0.3, -0.25) is 14.5 Å². The van der Waals surface area contributed by atoms with Gasteiger partial charge in [0.25, 0.3) is 5.91 Å². The molecule has 0 aliphatic carbocycles. The van der Waals surface area contributed by atoms with Gasteiger partial charge in [-0.05, 0) is 18.4 Å². The Morgan fingerprint density at radius 3 is 2.42 bits per heavy atom. The Morgan fingerprint density at radius 1 is 1.00 bits per heavy atom. The molecule has 7 nitrogen and oxygen atoms in total. The summed E-state index contributed by atoms with van der Waals surface area (Å²) in [5, 5.41) is 13.5. The molecule has 1 aliphatic rings. The molecule has 0 unspecified atom stereocenters. The van der Waals surface area contributed by atoms with Crippen LogP contribution in [0.1, 0.15) is 18.4 Å². The highest BCUT2D eigenvalue weighted by Gasteiger charge is 2.21. The van der Waals surface area contributed by atoms with Crippen LogP contribution in [0.5, 0.6) is 11.5 Å². The predicted molar refractivity (Wildman–Crippen MR) is 138 cm³/mol. The van der Waals surface area contributed by atoms with E-state index in [-0.39, 0.29) is 46.5 Å². The van der Waals surface area contributed by atoms with Gasteiger partial charge >= 0.3 is 0 Å². The molecule has 1 aromatic heterocycles. The monoisotopic (exact) mass is 484 g/mol. The number of fused-ring (bicyclic) bond motifs is 1. The van der Waals surface area contributed by atoms with Crippen molar-refractivity contribution < 1.29 is 19.1 Å². The zero-order valence-electron chi connectivity index (χ0n) is 19.9. The normalized spacial score (nSPS) is 14.6. The van der Waals surface area contributed by atoms with Crippen molar-refractivity contribution >= 4 is 16.9 Å². The van der Waals surface area contributed by atoms with Gasteiger partial charge in [-0.1, -0.05) is 60.7 Å². The summed E-state index contributed by atoms with van der Waals surface area (Å²) < 4.78 is 11.5. The van der Waals surface area contributed by atoms with Crippen LogP contribution in [-0.2, 0) is 11.3 Å². The van der Waals surface area contributed by atoms with Crippen molar-refractivity contribution in [2.45, 2.75) is 25.4 Å². The number of hydrogen-bond donors (Lipinski definition) is 2. The highest BCUT2D eigenvalue weighted by molar-refractivity contribution is 5.86. The van der Waals surface area contributed by atoms with E-state index in [0.29, 0.717) is 5.76 Å². The van der Waals surface area contributed by atoms with Crippen LogP contribution in [0.25, 0.3) is 22.3 Å². The maximum absolute atomic E-state index is 12.6. The Morgan fingerprint density at radius 2 is 1.69 bits per heavy atom. The third-order valence-electron chi connectivity index (χ3n) is 6.41. The molecule has 2 heterocycles. The third-order valence-corrected chi connectivity index (χ3v) is 6.41. The lowest BCUT2D eigenvalue weighted by molar-refractivity contribution is -0.124. The van der Waals surface area contributed by atoms with E-state index in [4.69, 9.17) is 9.15 Å². The Balaban J connectivity index is 1.18.